The van der Waals surface area contributed by atoms with Crippen LogP contribution in [0.4, 0.5) is 0 Å². The predicted octanol–water partition coefficient (Wildman–Crippen LogP) is 4.16. The van der Waals surface area contributed by atoms with Crippen molar-refractivity contribution in [2.45, 2.75) is 19.3 Å². The predicted molar refractivity (Wildman–Crippen MR) is 87.5 cm³/mol. The molecule has 5 rings (SSSR count). The molecule has 4 aromatic rings. The second kappa shape index (κ2) is 4.17. The number of hydrogen-bond acceptors (Lipinski definition) is 2. The number of nitrogens with zero attached hydrogens (tertiary/aromatic N) is 2. The molecule has 0 unspecified atom stereocenters. The highest BCUT2D eigenvalue weighted by Gasteiger charge is 2.24. The summed E-state index contributed by atoms with van der Waals surface area (Å²) >= 11 is 0. The molecule has 0 N–H and O–H groups in total. The average molecular weight is 286 g/mol. The van der Waals surface area contributed by atoms with Gasteiger partial charge < -0.3 is 0 Å². The number of carbonyl (C=O) groups is 1. The smallest absolute Gasteiger partial charge is 0.165 e. The van der Waals surface area contributed by atoms with Crippen LogP contribution in [-0.4, -0.2) is 15.2 Å². The van der Waals surface area contributed by atoms with E-state index in [2.05, 4.69) is 22.6 Å². The van der Waals surface area contributed by atoms with Crippen LogP contribution in [-0.2, 0) is 6.42 Å². The first-order valence-corrected chi connectivity index (χ1v) is 7.68. The van der Waals surface area contributed by atoms with Gasteiger partial charge in [-0.05, 0) is 30.4 Å². The van der Waals surface area contributed by atoms with E-state index in [1.807, 2.05) is 30.3 Å². The molecular formula is C19H14N2O. The number of aryl methyl sites for hydroxylation is 1. The highest BCUT2D eigenvalue weighted by molar-refractivity contribution is 6.13. The summed E-state index contributed by atoms with van der Waals surface area (Å²) in [6.07, 6.45) is 2.50. The van der Waals surface area contributed by atoms with Gasteiger partial charge in [-0.1, -0.05) is 36.4 Å². The number of carbonyl (C=O) groups excluding carboxylic acids is 1. The van der Waals surface area contributed by atoms with Crippen LogP contribution in [0, 0.1) is 0 Å². The van der Waals surface area contributed by atoms with Crippen molar-refractivity contribution in [3.05, 3.63) is 59.8 Å². The topological polar surface area (TPSA) is 34.4 Å². The molecule has 1 aliphatic carbocycles. The van der Waals surface area contributed by atoms with Gasteiger partial charge in [-0.15, -0.1) is 0 Å². The minimum atomic E-state index is 0.261. The normalized spacial score (nSPS) is 14.8. The van der Waals surface area contributed by atoms with Crippen LogP contribution in [0.25, 0.3) is 27.5 Å². The first-order valence-electron chi connectivity index (χ1n) is 7.68. The number of fused-ring (bicyclic) bond motifs is 8. The summed E-state index contributed by atoms with van der Waals surface area (Å²) in [6, 6.07) is 16.3. The molecular weight excluding hydrogens is 272 g/mol. The fourth-order valence-corrected chi connectivity index (χ4v) is 3.73. The number of pyridine rings is 1. The van der Waals surface area contributed by atoms with Gasteiger partial charge in [0.2, 0.25) is 0 Å². The van der Waals surface area contributed by atoms with E-state index in [1.54, 1.807) is 0 Å². The summed E-state index contributed by atoms with van der Waals surface area (Å²) < 4.78 is 2.20. The van der Waals surface area contributed by atoms with Crippen molar-refractivity contribution < 1.29 is 4.79 Å². The average Bonchev–Trinajstić information content (AvgIpc) is 2.95. The number of rotatable bonds is 0. The molecule has 3 nitrogen and oxygen atoms in total. The van der Waals surface area contributed by atoms with Crippen LogP contribution >= 0.6 is 0 Å². The molecule has 2 aromatic carbocycles. The van der Waals surface area contributed by atoms with Crippen molar-refractivity contribution in [2.24, 2.45) is 0 Å². The summed E-state index contributed by atoms with van der Waals surface area (Å²) in [5.74, 6) is 0.261. The van der Waals surface area contributed by atoms with E-state index in [0.29, 0.717) is 6.42 Å². The summed E-state index contributed by atoms with van der Waals surface area (Å²) in [4.78, 5) is 17.4. The zero-order valence-corrected chi connectivity index (χ0v) is 12.0. The molecule has 2 aromatic heterocycles. The van der Waals surface area contributed by atoms with Gasteiger partial charge in [0, 0.05) is 23.1 Å². The van der Waals surface area contributed by atoms with E-state index >= 15 is 0 Å². The number of imidazole rings is 1. The Kier molecular flexibility index (Phi) is 2.26. The van der Waals surface area contributed by atoms with Crippen LogP contribution in [0.1, 0.15) is 28.9 Å². The van der Waals surface area contributed by atoms with Crippen LogP contribution in [0.2, 0.25) is 0 Å². The molecule has 0 spiro atoms. The number of aromatic nitrogens is 2. The SMILES string of the molecule is O=C1CCCc2c1c1ccccc1c1nc3ccccc3n21. The lowest BCUT2D eigenvalue weighted by molar-refractivity contribution is 0.0973. The van der Waals surface area contributed by atoms with Crippen molar-refractivity contribution in [3.63, 3.8) is 0 Å². The second-order valence-corrected chi connectivity index (χ2v) is 5.90. The van der Waals surface area contributed by atoms with E-state index in [-0.39, 0.29) is 5.78 Å². The fourth-order valence-electron chi connectivity index (χ4n) is 3.73. The molecule has 2 heterocycles. The Morgan fingerprint density at radius 2 is 1.68 bits per heavy atom. The summed E-state index contributed by atoms with van der Waals surface area (Å²) in [5, 5.41) is 2.11. The molecule has 0 amide bonds. The maximum atomic E-state index is 12.6. The first-order chi connectivity index (χ1) is 10.8. The molecule has 0 saturated heterocycles. The maximum absolute atomic E-state index is 12.6. The van der Waals surface area contributed by atoms with Gasteiger partial charge in [-0.25, -0.2) is 4.98 Å². The summed E-state index contributed by atoms with van der Waals surface area (Å²) in [7, 11) is 0. The molecule has 3 heteroatoms. The minimum Gasteiger partial charge on any atom is -0.295 e. The van der Waals surface area contributed by atoms with Gasteiger partial charge in [0.1, 0.15) is 5.65 Å². The third-order valence-electron chi connectivity index (χ3n) is 4.65. The highest BCUT2D eigenvalue weighted by Crippen LogP contribution is 2.34. The van der Waals surface area contributed by atoms with Crippen LogP contribution in [0.5, 0.6) is 0 Å². The lowest BCUT2D eigenvalue weighted by Crippen LogP contribution is -2.15. The number of hydrogen-bond donors (Lipinski definition) is 0. The zero-order chi connectivity index (χ0) is 14.7. The lowest BCUT2D eigenvalue weighted by Gasteiger charge is -2.19. The lowest BCUT2D eigenvalue weighted by atomic mass is 9.90. The van der Waals surface area contributed by atoms with Gasteiger partial charge in [0.25, 0.3) is 0 Å². The molecule has 106 valence electrons. The third-order valence-corrected chi connectivity index (χ3v) is 4.65. The monoisotopic (exact) mass is 286 g/mol. The van der Waals surface area contributed by atoms with E-state index in [1.165, 1.54) is 0 Å². The van der Waals surface area contributed by atoms with E-state index in [9.17, 15) is 4.79 Å². The van der Waals surface area contributed by atoms with Crippen molar-refractivity contribution >= 4 is 33.2 Å². The van der Waals surface area contributed by atoms with Gasteiger partial charge in [0.05, 0.1) is 11.0 Å². The van der Waals surface area contributed by atoms with E-state index in [4.69, 9.17) is 4.98 Å². The molecule has 0 radical (unpaired) electrons. The van der Waals surface area contributed by atoms with Gasteiger partial charge in [0.15, 0.2) is 5.78 Å². The molecule has 0 bridgehead atoms. The van der Waals surface area contributed by atoms with Crippen molar-refractivity contribution in [2.75, 3.05) is 0 Å². The Balaban J connectivity index is 2.14. The standard InChI is InChI=1S/C19H14N2O/c22-17-11-5-10-16-18(17)12-6-1-2-7-13(12)19-20-14-8-3-4-9-15(14)21(16)19/h1-4,6-9H,5,10-11H2. The van der Waals surface area contributed by atoms with Gasteiger partial charge >= 0.3 is 0 Å². The van der Waals surface area contributed by atoms with Crippen LogP contribution in [0.3, 0.4) is 0 Å². The van der Waals surface area contributed by atoms with Gasteiger partial charge in [-0.3, -0.25) is 9.20 Å². The molecule has 0 fully saturated rings. The van der Waals surface area contributed by atoms with E-state index in [0.717, 1.165) is 51.6 Å². The fraction of sp³-hybridized carbons (Fsp3) is 0.158. The van der Waals surface area contributed by atoms with Crippen molar-refractivity contribution in [1.82, 2.24) is 9.38 Å². The van der Waals surface area contributed by atoms with Crippen LogP contribution < -0.4 is 0 Å². The zero-order valence-electron chi connectivity index (χ0n) is 12.0. The number of para-hydroxylation sites is 2. The van der Waals surface area contributed by atoms with Crippen LogP contribution in [0.15, 0.2) is 48.5 Å². The Bertz CT molecular complexity index is 1080. The first kappa shape index (κ1) is 11.9. The van der Waals surface area contributed by atoms with Crippen molar-refractivity contribution in [1.29, 1.82) is 0 Å². The largest absolute Gasteiger partial charge is 0.295 e. The summed E-state index contributed by atoms with van der Waals surface area (Å²) in [6.45, 7) is 0. The van der Waals surface area contributed by atoms with Gasteiger partial charge in [-0.2, -0.15) is 0 Å². The minimum absolute atomic E-state index is 0.261. The Labute approximate surface area is 127 Å². The van der Waals surface area contributed by atoms with E-state index < -0.39 is 0 Å². The number of Topliss-reactive ketones (excluding diaryl/α,β-unsaturated/α-hetero) is 1. The summed E-state index contributed by atoms with van der Waals surface area (Å²) in [5.41, 5.74) is 5.06. The molecule has 0 saturated carbocycles. The second-order valence-electron chi connectivity index (χ2n) is 5.90. The highest BCUT2D eigenvalue weighted by atomic mass is 16.1. The maximum Gasteiger partial charge on any atom is 0.165 e. The Hall–Kier alpha value is -2.68. The Morgan fingerprint density at radius 1 is 0.909 bits per heavy atom. The third kappa shape index (κ3) is 1.40. The number of benzene rings is 2. The molecule has 0 atom stereocenters. The molecule has 0 aliphatic heterocycles. The number of ketones is 1. The quantitative estimate of drug-likeness (QED) is 0.486. The van der Waals surface area contributed by atoms with Crippen molar-refractivity contribution in [3.8, 4) is 0 Å². The molecule has 1 aliphatic rings. The Morgan fingerprint density at radius 3 is 2.59 bits per heavy atom. The molecule has 22 heavy (non-hydrogen) atoms.